The zero-order valence-electron chi connectivity index (χ0n) is 11.3. The molecule has 0 aromatic heterocycles. The lowest BCUT2D eigenvalue weighted by Crippen LogP contribution is -2.29. The molecule has 0 aromatic rings. The highest BCUT2D eigenvalue weighted by Gasteiger charge is 2.10. The smallest absolute Gasteiger partial charge is 0.512 e. The minimum Gasteiger partial charge on any atom is -0.512 e. The number of hydrogen-bond acceptors (Lipinski definition) is 7. The van der Waals surface area contributed by atoms with Crippen molar-refractivity contribution in [1.82, 2.24) is 5.32 Å². The summed E-state index contributed by atoms with van der Waals surface area (Å²) in [6, 6.07) is 0. The second-order valence-corrected chi connectivity index (χ2v) is 4.07. The summed E-state index contributed by atoms with van der Waals surface area (Å²) in [4.78, 5) is 21.5. The van der Waals surface area contributed by atoms with Gasteiger partial charge in [-0.1, -0.05) is 0 Å². The topological polar surface area (TPSA) is 111 Å². The molecule has 2 N–H and O–H groups in total. The molecule has 0 heterocycles. The monoisotopic (exact) mass is 296 g/mol. The Morgan fingerprint density at radius 2 is 1.84 bits per heavy atom. The predicted molar refractivity (Wildman–Crippen MR) is 67.7 cm³/mol. The number of rotatable bonds is 6. The molecule has 0 aromatic carbocycles. The average molecular weight is 296 g/mol. The number of amides is 1. The first-order chi connectivity index (χ1) is 8.87. The minimum atomic E-state index is -1.83. The molecule has 0 aliphatic rings. The van der Waals surface area contributed by atoms with Gasteiger partial charge in [-0.2, -0.15) is 0 Å². The Labute approximate surface area is 112 Å². The number of nitrogens with one attached hydrogen (secondary N) is 1. The fourth-order valence-corrected chi connectivity index (χ4v) is 0.836. The molecule has 0 aliphatic heterocycles. The van der Waals surface area contributed by atoms with Crippen molar-refractivity contribution in [2.24, 2.45) is 0 Å². The number of aliphatic hydroxyl groups is 1. The Bertz CT molecular complexity index is 320. The molecule has 9 heteroatoms. The van der Waals surface area contributed by atoms with Crippen LogP contribution in [0, 0.1) is 0 Å². The van der Waals surface area contributed by atoms with Crippen LogP contribution in [0.5, 0.6) is 0 Å². The molecule has 0 rings (SSSR count). The molecule has 0 aliphatic carbocycles. The lowest BCUT2D eigenvalue weighted by molar-refractivity contribution is -0.143. The lowest BCUT2D eigenvalue weighted by atomic mass is 10.4. The first-order valence-corrected chi connectivity index (χ1v) is 6.33. The van der Waals surface area contributed by atoms with Crippen LogP contribution in [0.15, 0.2) is 11.8 Å². The van der Waals surface area contributed by atoms with Crippen LogP contribution in [0.25, 0.3) is 0 Å². The van der Waals surface area contributed by atoms with E-state index in [2.05, 4.69) is 19.1 Å². The highest BCUT2D eigenvalue weighted by Crippen LogP contribution is 2.18. The fraction of sp³-hybridized carbons (Fsp3) is 0.600. The lowest BCUT2D eigenvalue weighted by Gasteiger charge is -2.01. The third kappa shape index (κ3) is 16.5. The van der Waals surface area contributed by atoms with E-state index in [-0.39, 0.29) is 18.9 Å². The summed E-state index contributed by atoms with van der Waals surface area (Å²) in [5, 5.41) is 10.9. The number of aliphatic hydroxyl groups excluding tert-OH is 1. The first kappa shape index (κ1) is 19.8. The Balaban J connectivity index is 0. The molecular formula is C10H19NO7P+. The van der Waals surface area contributed by atoms with Gasteiger partial charge in [0.05, 0.1) is 26.6 Å². The third-order valence-electron chi connectivity index (χ3n) is 1.35. The van der Waals surface area contributed by atoms with Crippen molar-refractivity contribution < 1.29 is 33.0 Å². The molecule has 0 bridgehead atoms. The van der Waals surface area contributed by atoms with Gasteiger partial charge in [0.2, 0.25) is 5.91 Å². The van der Waals surface area contributed by atoms with Crippen molar-refractivity contribution >= 4 is 20.1 Å². The van der Waals surface area contributed by atoms with Gasteiger partial charge >= 0.3 is 14.2 Å². The number of carbonyl (C=O) groups is 2. The van der Waals surface area contributed by atoms with Crippen LogP contribution in [0.1, 0.15) is 13.8 Å². The first-order valence-electron chi connectivity index (χ1n) is 5.23. The van der Waals surface area contributed by atoms with E-state index in [4.69, 9.17) is 5.11 Å². The molecule has 19 heavy (non-hydrogen) atoms. The van der Waals surface area contributed by atoms with Crippen LogP contribution in [0.3, 0.4) is 0 Å². The van der Waals surface area contributed by atoms with Crippen LogP contribution in [0.2, 0.25) is 0 Å². The van der Waals surface area contributed by atoms with Gasteiger partial charge in [0.1, 0.15) is 6.54 Å². The van der Waals surface area contributed by atoms with Crippen LogP contribution < -0.4 is 5.32 Å². The van der Waals surface area contributed by atoms with E-state index in [1.807, 2.05) is 0 Å². The highest BCUT2D eigenvalue weighted by molar-refractivity contribution is 7.33. The van der Waals surface area contributed by atoms with Gasteiger partial charge < -0.3 is 15.2 Å². The Kier molecular flexibility index (Phi) is 13.5. The van der Waals surface area contributed by atoms with E-state index in [0.717, 1.165) is 6.08 Å². The van der Waals surface area contributed by atoms with Crippen LogP contribution in [0.4, 0.5) is 0 Å². The van der Waals surface area contributed by atoms with Gasteiger partial charge in [0, 0.05) is 10.6 Å². The summed E-state index contributed by atoms with van der Waals surface area (Å²) in [7, 11) is 0.817. The predicted octanol–water partition coefficient (Wildman–Crippen LogP) is 1.06. The van der Waals surface area contributed by atoms with Crippen LogP contribution in [-0.4, -0.2) is 44.4 Å². The average Bonchev–Trinajstić information content (AvgIpc) is 2.35. The maximum absolute atomic E-state index is 10.8. The van der Waals surface area contributed by atoms with Crippen molar-refractivity contribution in [3.8, 4) is 0 Å². The summed E-state index contributed by atoms with van der Waals surface area (Å²) in [6.07, 6.45) is 0.985. The SMILES string of the molecule is CCOC(=O)CNC(=O)C=C(C)O.CO[P+](=O)OC. The summed E-state index contributed by atoms with van der Waals surface area (Å²) in [5.41, 5.74) is 0. The van der Waals surface area contributed by atoms with E-state index in [0.29, 0.717) is 0 Å². The molecular weight excluding hydrogens is 277 g/mol. The van der Waals surface area contributed by atoms with Gasteiger partial charge in [-0.25, -0.2) is 0 Å². The Morgan fingerprint density at radius 3 is 2.16 bits per heavy atom. The van der Waals surface area contributed by atoms with Crippen molar-refractivity contribution in [2.45, 2.75) is 13.8 Å². The summed E-state index contributed by atoms with van der Waals surface area (Å²) in [5.74, 6) is -1.13. The van der Waals surface area contributed by atoms with E-state index in [1.165, 1.54) is 21.1 Å². The molecule has 0 spiro atoms. The minimum absolute atomic E-state index is 0.110. The quantitative estimate of drug-likeness (QED) is 0.326. The Morgan fingerprint density at radius 1 is 1.32 bits per heavy atom. The van der Waals surface area contributed by atoms with E-state index < -0.39 is 20.1 Å². The molecule has 0 atom stereocenters. The van der Waals surface area contributed by atoms with Gasteiger partial charge in [-0.05, 0) is 13.8 Å². The number of esters is 1. The number of hydrogen-bond donors (Lipinski definition) is 2. The molecule has 0 saturated carbocycles. The van der Waals surface area contributed by atoms with Crippen molar-refractivity contribution in [3.63, 3.8) is 0 Å². The summed E-state index contributed by atoms with van der Waals surface area (Å²) in [6.45, 7) is 3.14. The van der Waals surface area contributed by atoms with Crippen molar-refractivity contribution in [2.75, 3.05) is 27.4 Å². The van der Waals surface area contributed by atoms with Gasteiger partial charge in [-0.15, -0.1) is 9.05 Å². The molecule has 0 saturated heterocycles. The van der Waals surface area contributed by atoms with Gasteiger partial charge in [0.15, 0.2) is 0 Å². The molecule has 0 fully saturated rings. The highest BCUT2D eigenvalue weighted by atomic mass is 31.1. The van der Waals surface area contributed by atoms with Gasteiger partial charge in [0.25, 0.3) is 0 Å². The maximum atomic E-state index is 10.8. The second kappa shape index (κ2) is 12.9. The summed E-state index contributed by atoms with van der Waals surface area (Å²) < 4.78 is 22.8. The maximum Gasteiger partial charge on any atom is 0.696 e. The number of carbonyl (C=O) groups excluding carboxylic acids is 2. The molecule has 0 radical (unpaired) electrons. The standard InChI is InChI=1S/C8H13NO4.C2H6O3P/c1-3-13-8(12)5-9-7(11)4-6(2)10;1-4-6(3)5-2/h4,10H,3,5H2,1-2H3,(H,9,11);1-2H3/q;+1. The van der Waals surface area contributed by atoms with E-state index in [1.54, 1.807) is 6.92 Å². The van der Waals surface area contributed by atoms with Crippen LogP contribution in [-0.2, 0) is 27.9 Å². The Hall–Kier alpha value is -1.50. The number of allylic oxidation sites excluding steroid dienone is 1. The fourth-order valence-electron chi connectivity index (χ4n) is 0.687. The zero-order chi connectivity index (χ0) is 15.3. The number of ether oxygens (including phenoxy) is 1. The normalized spacial score (nSPS) is 10.0. The molecule has 1 amide bonds. The second-order valence-electron chi connectivity index (χ2n) is 2.90. The molecule has 110 valence electrons. The van der Waals surface area contributed by atoms with Crippen molar-refractivity contribution in [3.05, 3.63) is 11.8 Å². The third-order valence-corrected chi connectivity index (χ3v) is 1.95. The van der Waals surface area contributed by atoms with E-state index in [9.17, 15) is 14.2 Å². The summed E-state index contributed by atoms with van der Waals surface area (Å²) >= 11 is 0. The zero-order valence-corrected chi connectivity index (χ0v) is 12.2. The van der Waals surface area contributed by atoms with E-state index >= 15 is 0 Å². The van der Waals surface area contributed by atoms with Gasteiger partial charge in [-0.3, -0.25) is 9.59 Å². The largest absolute Gasteiger partial charge is 0.696 e. The van der Waals surface area contributed by atoms with Crippen molar-refractivity contribution in [1.29, 1.82) is 0 Å². The van der Waals surface area contributed by atoms with Crippen LogP contribution >= 0.6 is 8.25 Å². The molecule has 0 unspecified atom stereocenters. The molecule has 8 nitrogen and oxygen atoms in total.